The number of ether oxygens (including phenoxy) is 3. The smallest absolute Gasteiger partial charge is 0.410 e. The zero-order chi connectivity index (χ0) is 46.0. The van der Waals surface area contributed by atoms with Crippen molar-refractivity contribution in [1.29, 1.82) is 0 Å². The van der Waals surface area contributed by atoms with Crippen LogP contribution in [0.3, 0.4) is 0 Å². The molecule has 64 heavy (non-hydrogen) atoms. The number of methoxy groups -OCH3 is 1. The second kappa shape index (κ2) is 17.2. The molecule has 3 aromatic carbocycles. The lowest BCUT2D eigenvalue weighted by atomic mass is 9.92. The summed E-state index contributed by atoms with van der Waals surface area (Å²) < 4.78 is 83.8. The summed E-state index contributed by atoms with van der Waals surface area (Å²) in [4.78, 5) is 29.0. The number of benzene rings is 3. The molecule has 5 heterocycles. The minimum atomic E-state index is -2.36. The van der Waals surface area contributed by atoms with Gasteiger partial charge in [-0.15, -0.1) is 5.54 Å². The van der Waals surface area contributed by atoms with Crippen molar-refractivity contribution in [3.63, 3.8) is 0 Å². The van der Waals surface area contributed by atoms with Crippen LogP contribution >= 0.6 is 0 Å². The van der Waals surface area contributed by atoms with Crippen molar-refractivity contribution in [3.8, 4) is 34.4 Å². The van der Waals surface area contributed by atoms with E-state index < -0.39 is 48.3 Å². The van der Waals surface area contributed by atoms with E-state index in [1.807, 2.05) is 25.7 Å². The average molecular weight is 900 g/mol. The van der Waals surface area contributed by atoms with Crippen LogP contribution in [0.2, 0.25) is 16.6 Å². The van der Waals surface area contributed by atoms with Gasteiger partial charge in [0.2, 0.25) is 0 Å². The number of carbonyl (C=O) groups is 1. The Morgan fingerprint density at radius 1 is 0.969 bits per heavy atom. The molecule has 14 heteroatoms. The van der Waals surface area contributed by atoms with Gasteiger partial charge in [0.1, 0.15) is 37.4 Å². The van der Waals surface area contributed by atoms with Crippen molar-refractivity contribution >= 4 is 41.7 Å². The summed E-state index contributed by atoms with van der Waals surface area (Å²) in [6.45, 7) is 20.5. The lowest BCUT2D eigenvalue weighted by Crippen LogP contribution is -2.57. The van der Waals surface area contributed by atoms with Crippen molar-refractivity contribution in [2.75, 3.05) is 44.8 Å². The molecule has 8 rings (SSSR count). The highest BCUT2D eigenvalue weighted by molar-refractivity contribution is 6.90. The molecule has 9 nitrogen and oxygen atoms in total. The third kappa shape index (κ3) is 7.78. The van der Waals surface area contributed by atoms with Crippen LogP contribution in [0, 0.1) is 28.9 Å². The van der Waals surface area contributed by atoms with Crippen molar-refractivity contribution in [3.05, 3.63) is 65.2 Å². The fourth-order valence-electron chi connectivity index (χ4n) is 11.6. The molecule has 4 saturated heterocycles. The molecule has 1 aromatic heterocycles. The Hall–Kier alpha value is -4.87. The molecule has 4 aliphatic rings. The van der Waals surface area contributed by atoms with Crippen molar-refractivity contribution < 1.29 is 36.6 Å². The van der Waals surface area contributed by atoms with E-state index in [4.69, 9.17) is 24.2 Å². The summed E-state index contributed by atoms with van der Waals surface area (Å²) in [6.07, 6.45) is 3.84. The molecule has 0 N–H and O–H groups in total. The Bertz CT molecular complexity index is 2550. The van der Waals surface area contributed by atoms with Crippen molar-refractivity contribution in [2.24, 2.45) is 0 Å². The number of aromatic nitrogens is 2. The number of hydrogen-bond donors (Lipinski definition) is 0. The molecule has 3 atom stereocenters. The van der Waals surface area contributed by atoms with E-state index in [0.717, 1.165) is 19.4 Å². The lowest BCUT2D eigenvalue weighted by Gasteiger charge is -2.42. The summed E-state index contributed by atoms with van der Waals surface area (Å²) in [5, 5.41) is 0.861. The van der Waals surface area contributed by atoms with Gasteiger partial charge in [-0.2, -0.15) is 9.97 Å². The second-order valence-electron chi connectivity index (χ2n) is 20.2. The highest BCUT2D eigenvalue weighted by atomic mass is 28.3. The van der Waals surface area contributed by atoms with Gasteiger partial charge < -0.3 is 19.1 Å². The van der Waals surface area contributed by atoms with E-state index >= 15 is 13.2 Å². The zero-order valence-corrected chi connectivity index (χ0v) is 39.8. The van der Waals surface area contributed by atoms with Gasteiger partial charge in [-0.25, -0.2) is 22.4 Å². The average Bonchev–Trinajstić information content (AvgIpc) is 3.88. The first-order valence-corrected chi connectivity index (χ1v) is 25.0. The van der Waals surface area contributed by atoms with E-state index in [0.29, 0.717) is 56.2 Å². The number of rotatable bonds is 9. The molecule has 1 amide bonds. The van der Waals surface area contributed by atoms with Gasteiger partial charge >= 0.3 is 12.1 Å². The Kier molecular flexibility index (Phi) is 12.3. The predicted molar refractivity (Wildman–Crippen MR) is 247 cm³/mol. The number of anilines is 1. The zero-order valence-electron chi connectivity index (χ0n) is 38.8. The van der Waals surface area contributed by atoms with Gasteiger partial charge in [0, 0.05) is 25.0 Å². The van der Waals surface area contributed by atoms with Crippen LogP contribution in [0.5, 0.6) is 11.8 Å². The van der Waals surface area contributed by atoms with Crippen LogP contribution in [0.4, 0.5) is 28.2 Å². The Morgan fingerprint density at radius 2 is 1.66 bits per heavy atom. The fraction of sp³-hybridized carbons (Fsp3) is 0.540. The number of nitrogens with zero attached hydrogens (tertiary/aromatic N) is 5. The summed E-state index contributed by atoms with van der Waals surface area (Å²) in [5.74, 6) is 0.608. The first kappa shape index (κ1) is 45.7. The first-order valence-electron chi connectivity index (χ1n) is 22.8. The second-order valence-corrected chi connectivity index (χ2v) is 25.8. The molecule has 342 valence electrons. The number of piperazine rings is 1. The van der Waals surface area contributed by atoms with Crippen molar-refractivity contribution in [1.82, 2.24) is 19.8 Å². The Labute approximate surface area is 375 Å². The Morgan fingerprint density at radius 3 is 2.28 bits per heavy atom. The maximum absolute atomic E-state index is 17.9. The monoisotopic (exact) mass is 899 g/mol. The van der Waals surface area contributed by atoms with Crippen LogP contribution < -0.4 is 14.4 Å². The SMILES string of the molecule is COc1c(F)c(-c2cccc3ccc(F)c(C#C[Si](C(C)C)(C(C)C)C(C)C)c23)c(F)c2nc(OC[C@@]34CCCN3C/C(=C\F)C4)nc(N3C[C@H]4CC[C@@H](C3)N4C(=O)OC(C)(C)C)c12. The highest BCUT2D eigenvalue weighted by Gasteiger charge is 2.49. The normalized spacial score (nSPS) is 22.0. The van der Waals surface area contributed by atoms with Crippen LogP contribution in [0.25, 0.3) is 32.8 Å². The van der Waals surface area contributed by atoms with Gasteiger partial charge in [0.15, 0.2) is 17.4 Å². The third-order valence-electron chi connectivity index (χ3n) is 14.4. The first-order chi connectivity index (χ1) is 30.3. The molecule has 0 aliphatic carbocycles. The van der Waals surface area contributed by atoms with E-state index in [-0.39, 0.29) is 80.3 Å². The van der Waals surface area contributed by atoms with Gasteiger partial charge in [0.05, 0.1) is 47.6 Å². The Balaban J connectivity index is 1.32. The maximum Gasteiger partial charge on any atom is 0.410 e. The molecular formula is C50H61F4N5O4Si. The summed E-state index contributed by atoms with van der Waals surface area (Å²) in [5.41, 5.74) is 3.43. The highest BCUT2D eigenvalue weighted by Crippen LogP contribution is 2.48. The minimum absolute atomic E-state index is 0.0101. The predicted octanol–water partition coefficient (Wildman–Crippen LogP) is 11.5. The van der Waals surface area contributed by atoms with Crippen LogP contribution in [0.15, 0.2) is 42.2 Å². The van der Waals surface area contributed by atoms with E-state index in [1.54, 1.807) is 29.2 Å². The van der Waals surface area contributed by atoms with Crippen LogP contribution in [0.1, 0.15) is 100.0 Å². The topological polar surface area (TPSA) is 80.3 Å². The third-order valence-corrected chi connectivity index (χ3v) is 20.7. The molecule has 0 radical (unpaired) electrons. The van der Waals surface area contributed by atoms with Gasteiger partial charge in [-0.3, -0.25) is 9.80 Å². The van der Waals surface area contributed by atoms with E-state index in [9.17, 15) is 9.18 Å². The van der Waals surface area contributed by atoms with Gasteiger partial charge in [-0.1, -0.05) is 71.7 Å². The largest absolute Gasteiger partial charge is 0.493 e. The number of halogens is 4. The molecular weight excluding hydrogens is 839 g/mol. The molecule has 0 spiro atoms. The molecule has 4 aliphatic heterocycles. The van der Waals surface area contributed by atoms with E-state index in [1.165, 1.54) is 13.2 Å². The number of fused-ring (bicyclic) bond motifs is 5. The van der Waals surface area contributed by atoms with E-state index in [2.05, 4.69) is 57.9 Å². The number of carbonyl (C=O) groups excluding carboxylic acids is 1. The van der Waals surface area contributed by atoms with Crippen LogP contribution in [-0.4, -0.2) is 97.1 Å². The number of amides is 1. The van der Waals surface area contributed by atoms with Gasteiger partial charge in [-0.05, 0) is 98.6 Å². The number of hydrogen-bond acceptors (Lipinski definition) is 8. The van der Waals surface area contributed by atoms with Crippen molar-refractivity contribution in [2.45, 2.75) is 134 Å². The molecule has 0 unspecified atom stereocenters. The molecule has 2 bridgehead atoms. The molecule has 4 fully saturated rings. The van der Waals surface area contributed by atoms with Crippen LogP contribution in [-0.2, 0) is 4.74 Å². The standard InChI is InChI=1S/C50H61F4N5O4Si/c1-29(2)64(30(3)4,31(5)6)22-19-36-38(52)18-15-33-13-11-14-37(39(33)36)40-42(53)44-41(45(61-10)43(40)54)46(57-26-34-16-17-35(27-57)59(34)48(60)63-49(7,8)9)56-47(55-44)62-28-50-20-12-21-58(50)25-32(23-50)24-51/h11,13-15,18,24,29-31,34-35H,12,16-17,20-21,23,25-28H2,1-10H3/b32-24-/t34-,35+,50-/m0/s1. The maximum atomic E-state index is 17.9. The fourth-order valence-corrected chi connectivity index (χ4v) is 16.8. The molecule has 4 aromatic rings. The summed E-state index contributed by atoms with van der Waals surface area (Å²) in [7, 11) is -1.05. The van der Waals surface area contributed by atoms with Gasteiger partial charge in [0.25, 0.3) is 0 Å². The minimum Gasteiger partial charge on any atom is -0.493 e. The lowest BCUT2D eigenvalue weighted by molar-refractivity contribution is 0.0122. The summed E-state index contributed by atoms with van der Waals surface area (Å²) >= 11 is 0. The quantitative estimate of drug-likeness (QED) is 0.0934. The molecule has 0 saturated carbocycles. The summed E-state index contributed by atoms with van der Waals surface area (Å²) in [6, 6.07) is 7.36.